The number of carbonyl (C=O) groups is 1. The van der Waals surface area contributed by atoms with Crippen molar-refractivity contribution in [1.82, 2.24) is 9.78 Å². The molecule has 0 aliphatic heterocycles. The molecule has 18 heavy (non-hydrogen) atoms. The molecule has 0 saturated carbocycles. The van der Waals surface area contributed by atoms with Gasteiger partial charge in [-0.25, -0.2) is 8.78 Å². The fraction of sp³-hybridized carbons (Fsp3) is 0.231. The van der Waals surface area contributed by atoms with Gasteiger partial charge in [-0.3, -0.25) is 9.48 Å². The molecule has 0 amide bonds. The van der Waals surface area contributed by atoms with Gasteiger partial charge in [0.05, 0.1) is 11.1 Å². The van der Waals surface area contributed by atoms with Gasteiger partial charge in [-0.15, -0.1) is 0 Å². The maximum absolute atomic E-state index is 13.6. The molecule has 0 spiro atoms. The molecule has 5 heteroatoms. The van der Waals surface area contributed by atoms with Crippen LogP contribution in [0.15, 0.2) is 24.4 Å². The SMILES string of the molecule is CCCn1cc(C=O)c(-c2c(F)cccc2F)n1. The quantitative estimate of drug-likeness (QED) is 0.782. The predicted molar refractivity (Wildman–Crippen MR) is 63.3 cm³/mol. The number of nitrogens with zero attached hydrogens (tertiary/aromatic N) is 2. The van der Waals surface area contributed by atoms with Crippen LogP contribution in [0.3, 0.4) is 0 Å². The molecule has 0 saturated heterocycles. The van der Waals surface area contributed by atoms with E-state index in [1.165, 1.54) is 16.9 Å². The molecule has 0 N–H and O–H groups in total. The summed E-state index contributed by atoms with van der Waals surface area (Å²) in [6.07, 6.45) is 2.87. The molecule has 0 atom stereocenters. The fourth-order valence-electron chi connectivity index (χ4n) is 1.79. The van der Waals surface area contributed by atoms with Crippen LogP contribution in [-0.2, 0) is 6.54 Å². The Balaban J connectivity index is 2.59. The molecule has 0 aliphatic carbocycles. The number of benzene rings is 1. The first-order chi connectivity index (χ1) is 8.67. The molecular weight excluding hydrogens is 238 g/mol. The summed E-state index contributed by atoms with van der Waals surface area (Å²) in [5.74, 6) is -1.44. The third kappa shape index (κ3) is 2.16. The minimum atomic E-state index is -0.722. The summed E-state index contributed by atoms with van der Waals surface area (Å²) >= 11 is 0. The van der Waals surface area contributed by atoms with Crippen LogP contribution in [-0.4, -0.2) is 16.1 Å². The standard InChI is InChI=1S/C13H12F2N2O/c1-2-6-17-7-9(8-18)13(16-17)12-10(14)4-3-5-11(12)15/h3-5,7-8H,2,6H2,1H3. The summed E-state index contributed by atoms with van der Waals surface area (Å²) in [4.78, 5) is 10.9. The lowest BCUT2D eigenvalue weighted by Crippen LogP contribution is -1.98. The van der Waals surface area contributed by atoms with Crippen LogP contribution in [0.1, 0.15) is 23.7 Å². The third-order valence-corrected chi connectivity index (χ3v) is 2.57. The molecule has 0 radical (unpaired) electrons. The van der Waals surface area contributed by atoms with Crippen molar-refractivity contribution in [2.24, 2.45) is 0 Å². The van der Waals surface area contributed by atoms with Gasteiger partial charge in [0.2, 0.25) is 0 Å². The van der Waals surface area contributed by atoms with Crippen LogP contribution in [0.4, 0.5) is 8.78 Å². The summed E-state index contributed by atoms with van der Waals surface area (Å²) in [6.45, 7) is 2.54. The van der Waals surface area contributed by atoms with Crippen molar-refractivity contribution in [2.45, 2.75) is 19.9 Å². The lowest BCUT2D eigenvalue weighted by molar-refractivity contribution is 0.112. The minimum absolute atomic E-state index is 0.0500. The molecule has 1 heterocycles. The summed E-state index contributed by atoms with van der Waals surface area (Å²) in [7, 11) is 0. The molecule has 0 fully saturated rings. The van der Waals surface area contributed by atoms with E-state index >= 15 is 0 Å². The van der Waals surface area contributed by atoms with E-state index in [9.17, 15) is 13.6 Å². The number of hydrogen-bond donors (Lipinski definition) is 0. The van der Waals surface area contributed by atoms with Gasteiger partial charge < -0.3 is 0 Å². The Hall–Kier alpha value is -2.04. The van der Waals surface area contributed by atoms with Crippen LogP contribution in [0.5, 0.6) is 0 Å². The number of aromatic nitrogens is 2. The average Bonchev–Trinajstić information content (AvgIpc) is 2.72. The highest BCUT2D eigenvalue weighted by atomic mass is 19.1. The Morgan fingerprint density at radius 2 is 2.00 bits per heavy atom. The summed E-state index contributed by atoms with van der Waals surface area (Å²) in [6, 6.07) is 3.56. The van der Waals surface area contributed by atoms with Gasteiger partial charge in [0, 0.05) is 12.7 Å². The Bertz CT molecular complexity index is 558. The lowest BCUT2D eigenvalue weighted by atomic mass is 10.1. The van der Waals surface area contributed by atoms with E-state index in [0.717, 1.165) is 18.6 Å². The highest BCUT2D eigenvalue weighted by molar-refractivity contribution is 5.85. The molecule has 2 aromatic rings. The molecular formula is C13H12F2N2O. The predicted octanol–water partition coefficient (Wildman–Crippen LogP) is 3.05. The van der Waals surface area contributed by atoms with Crippen molar-refractivity contribution in [1.29, 1.82) is 0 Å². The van der Waals surface area contributed by atoms with Gasteiger partial charge >= 0.3 is 0 Å². The topological polar surface area (TPSA) is 34.9 Å². The van der Waals surface area contributed by atoms with Crippen molar-refractivity contribution >= 4 is 6.29 Å². The normalized spacial score (nSPS) is 10.6. The van der Waals surface area contributed by atoms with Crippen LogP contribution in [0.2, 0.25) is 0 Å². The number of halogens is 2. The second-order valence-electron chi connectivity index (χ2n) is 3.91. The van der Waals surface area contributed by atoms with Gasteiger partial charge in [-0.05, 0) is 18.6 Å². The van der Waals surface area contributed by atoms with Gasteiger partial charge in [0.1, 0.15) is 17.3 Å². The van der Waals surface area contributed by atoms with Crippen molar-refractivity contribution < 1.29 is 13.6 Å². The highest BCUT2D eigenvalue weighted by Gasteiger charge is 2.18. The van der Waals surface area contributed by atoms with E-state index in [1.54, 1.807) is 0 Å². The van der Waals surface area contributed by atoms with Gasteiger partial charge in [0.25, 0.3) is 0 Å². The summed E-state index contributed by atoms with van der Waals surface area (Å²) in [5.41, 5.74) is -0.0176. The Kier molecular flexibility index (Phi) is 3.50. The molecule has 3 nitrogen and oxygen atoms in total. The van der Waals surface area contributed by atoms with E-state index in [2.05, 4.69) is 5.10 Å². The van der Waals surface area contributed by atoms with Crippen LogP contribution in [0.25, 0.3) is 11.3 Å². The van der Waals surface area contributed by atoms with Crippen molar-refractivity contribution in [3.63, 3.8) is 0 Å². The Morgan fingerprint density at radius 3 is 2.56 bits per heavy atom. The minimum Gasteiger partial charge on any atom is -0.298 e. The molecule has 1 aromatic carbocycles. The summed E-state index contributed by atoms with van der Waals surface area (Å²) in [5, 5.41) is 4.07. The van der Waals surface area contributed by atoms with E-state index in [0.29, 0.717) is 12.8 Å². The van der Waals surface area contributed by atoms with Crippen molar-refractivity contribution in [3.8, 4) is 11.3 Å². The number of carbonyl (C=O) groups excluding carboxylic acids is 1. The maximum atomic E-state index is 13.6. The largest absolute Gasteiger partial charge is 0.298 e. The van der Waals surface area contributed by atoms with E-state index in [-0.39, 0.29) is 16.8 Å². The van der Waals surface area contributed by atoms with Crippen molar-refractivity contribution in [2.75, 3.05) is 0 Å². The molecule has 94 valence electrons. The third-order valence-electron chi connectivity index (χ3n) is 2.57. The lowest BCUT2D eigenvalue weighted by Gasteiger charge is -2.02. The molecule has 2 rings (SSSR count). The zero-order valence-electron chi connectivity index (χ0n) is 9.86. The number of hydrogen-bond acceptors (Lipinski definition) is 2. The highest BCUT2D eigenvalue weighted by Crippen LogP contribution is 2.26. The zero-order chi connectivity index (χ0) is 13.1. The van der Waals surface area contributed by atoms with E-state index in [4.69, 9.17) is 0 Å². The first kappa shape index (κ1) is 12.4. The van der Waals surface area contributed by atoms with Crippen LogP contribution in [0, 0.1) is 11.6 Å². The first-order valence-electron chi connectivity index (χ1n) is 5.64. The number of aldehydes is 1. The van der Waals surface area contributed by atoms with Gasteiger partial charge in [-0.2, -0.15) is 5.10 Å². The summed E-state index contributed by atoms with van der Waals surface area (Å²) < 4.78 is 28.8. The molecule has 0 aliphatic rings. The van der Waals surface area contributed by atoms with E-state index in [1.807, 2.05) is 6.92 Å². The monoisotopic (exact) mass is 250 g/mol. The molecule has 0 bridgehead atoms. The Morgan fingerprint density at radius 1 is 1.33 bits per heavy atom. The first-order valence-corrected chi connectivity index (χ1v) is 5.64. The Labute approximate surface area is 103 Å². The molecule has 0 unspecified atom stereocenters. The zero-order valence-corrected chi connectivity index (χ0v) is 9.86. The van der Waals surface area contributed by atoms with Crippen LogP contribution < -0.4 is 0 Å². The van der Waals surface area contributed by atoms with E-state index < -0.39 is 11.6 Å². The van der Waals surface area contributed by atoms with Crippen LogP contribution >= 0.6 is 0 Å². The average molecular weight is 250 g/mol. The van der Waals surface area contributed by atoms with Gasteiger partial charge in [-0.1, -0.05) is 13.0 Å². The second kappa shape index (κ2) is 5.08. The van der Waals surface area contributed by atoms with Gasteiger partial charge in [0.15, 0.2) is 6.29 Å². The number of rotatable bonds is 4. The number of aryl methyl sites for hydroxylation is 1. The second-order valence-corrected chi connectivity index (χ2v) is 3.91. The smallest absolute Gasteiger partial charge is 0.153 e. The van der Waals surface area contributed by atoms with Crippen molar-refractivity contribution in [3.05, 3.63) is 41.6 Å². The maximum Gasteiger partial charge on any atom is 0.153 e. The molecule has 1 aromatic heterocycles. The fourth-order valence-corrected chi connectivity index (χ4v) is 1.79.